The number of rotatable bonds is 5. The van der Waals surface area contributed by atoms with Crippen LogP contribution in [0, 0.1) is 0 Å². The van der Waals surface area contributed by atoms with E-state index in [1.165, 1.54) is 16.2 Å². The third-order valence-corrected chi connectivity index (χ3v) is 6.90. The molecule has 1 amide bonds. The van der Waals surface area contributed by atoms with Crippen molar-refractivity contribution in [3.8, 4) is 5.75 Å². The second-order valence-corrected chi connectivity index (χ2v) is 10.5. The summed E-state index contributed by atoms with van der Waals surface area (Å²) in [6.45, 7) is 8.60. The van der Waals surface area contributed by atoms with Crippen LogP contribution in [0.15, 0.2) is 65.6 Å². The molecule has 1 atom stereocenters. The standard InChI is InChI=1S/C27H26ClNO4S/c1-5-33-20-13-8-16(15-19(20)27(2,3)4)24(30)22-23(21-7-6-14-34-21)29(26(32)25(22)31)18-11-9-17(28)10-12-18/h6-15,23,30H,5H2,1-4H3/b24-22-. The number of ketones is 1. The van der Waals surface area contributed by atoms with Crippen LogP contribution in [-0.2, 0) is 15.0 Å². The van der Waals surface area contributed by atoms with E-state index in [1.54, 1.807) is 36.4 Å². The number of Topliss-reactive ketones (excluding diaryl/α,β-unsaturated/α-hetero) is 1. The summed E-state index contributed by atoms with van der Waals surface area (Å²) in [5, 5.41) is 13.8. The number of nitrogens with zero attached hydrogens (tertiary/aromatic N) is 1. The quantitative estimate of drug-likeness (QED) is 0.242. The molecule has 4 rings (SSSR count). The van der Waals surface area contributed by atoms with Crippen molar-refractivity contribution in [1.29, 1.82) is 0 Å². The molecule has 1 unspecified atom stereocenters. The second-order valence-electron chi connectivity index (χ2n) is 9.05. The number of thiophene rings is 1. The molecule has 176 valence electrons. The van der Waals surface area contributed by atoms with Crippen LogP contribution in [0.2, 0.25) is 5.02 Å². The Labute approximate surface area is 208 Å². The van der Waals surface area contributed by atoms with E-state index in [0.717, 1.165) is 16.2 Å². The maximum Gasteiger partial charge on any atom is 0.300 e. The predicted octanol–water partition coefficient (Wildman–Crippen LogP) is 6.72. The van der Waals surface area contributed by atoms with Gasteiger partial charge in [0.15, 0.2) is 0 Å². The highest BCUT2D eigenvalue weighted by molar-refractivity contribution is 7.10. The number of anilines is 1. The molecule has 1 N–H and O–H groups in total. The number of aliphatic hydroxyl groups is 1. The second kappa shape index (κ2) is 9.28. The number of hydrogen-bond donors (Lipinski definition) is 1. The first kappa shape index (κ1) is 24.0. The molecule has 1 aliphatic heterocycles. The van der Waals surface area contributed by atoms with E-state index in [1.807, 2.05) is 30.5 Å². The van der Waals surface area contributed by atoms with Gasteiger partial charge in [-0.3, -0.25) is 14.5 Å². The van der Waals surface area contributed by atoms with Crippen molar-refractivity contribution < 1.29 is 19.4 Å². The molecule has 5 nitrogen and oxygen atoms in total. The topological polar surface area (TPSA) is 66.8 Å². The highest BCUT2D eigenvalue weighted by Gasteiger charge is 2.47. The van der Waals surface area contributed by atoms with Gasteiger partial charge in [0.25, 0.3) is 11.7 Å². The molecule has 34 heavy (non-hydrogen) atoms. The molecule has 2 aromatic carbocycles. The van der Waals surface area contributed by atoms with Crippen LogP contribution in [0.25, 0.3) is 5.76 Å². The van der Waals surface area contributed by atoms with Crippen molar-refractivity contribution >= 4 is 46.1 Å². The molecule has 1 fully saturated rings. The SMILES string of the molecule is CCOc1ccc(/C(O)=C2/C(=O)C(=O)N(c3ccc(Cl)cc3)C2c2cccs2)cc1C(C)(C)C. The maximum absolute atomic E-state index is 13.3. The Kier molecular flexibility index (Phi) is 6.56. The lowest BCUT2D eigenvalue weighted by atomic mass is 9.84. The van der Waals surface area contributed by atoms with E-state index in [2.05, 4.69) is 20.8 Å². The number of benzene rings is 2. The van der Waals surface area contributed by atoms with Crippen LogP contribution in [0.3, 0.4) is 0 Å². The molecule has 2 heterocycles. The Bertz CT molecular complexity index is 1260. The molecule has 0 radical (unpaired) electrons. The fourth-order valence-electron chi connectivity index (χ4n) is 4.12. The zero-order chi connectivity index (χ0) is 24.6. The van der Waals surface area contributed by atoms with E-state index in [9.17, 15) is 14.7 Å². The van der Waals surface area contributed by atoms with Gasteiger partial charge in [-0.1, -0.05) is 38.4 Å². The number of halogens is 1. The summed E-state index contributed by atoms with van der Waals surface area (Å²) in [5.74, 6) is -0.897. The van der Waals surface area contributed by atoms with Crippen LogP contribution in [0.1, 0.15) is 49.7 Å². The van der Waals surface area contributed by atoms with Crippen molar-refractivity contribution in [2.24, 2.45) is 0 Å². The van der Waals surface area contributed by atoms with Crippen LogP contribution in [-0.4, -0.2) is 23.4 Å². The minimum atomic E-state index is -0.745. The summed E-state index contributed by atoms with van der Waals surface area (Å²) >= 11 is 7.46. The van der Waals surface area contributed by atoms with E-state index in [-0.39, 0.29) is 16.7 Å². The van der Waals surface area contributed by atoms with Crippen LogP contribution in [0.4, 0.5) is 5.69 Å². The van der Waals surface area contributed by atoms with Gasteiger partial charge in [0, 0.05) is 26.7 Å². The summed E-state index contributed by atoms with van der Waals surface area (Å²) < 4.78 is 5.79. The van der Waals surface area contributed by atoms with Gasteiger partial charge in [0.2, 0.25) is 0 Å². The van der Waals surface area contributed by atoms with Crippen LogP contribution in [0.5, 0.6) is 5.75 Å². The number of aliphatic hydroxyl groups excluding tert-OH is 1. The molecule has 1 saturated heterocycles. The van der Waals surface area contributed by atoms with Gasteiger partial charge in [-0.15, -0.1) is 11.3 Å². The first-order valence-corrected chi connectivity index (χ1v) is 12.3. The molecule has 0 spiro atoms. The molecule has 1 aliphatic rings. The minimum Gasteiger partial charge on any atom is -0.507 e. The lowest BCUT2D eigenvalue weighted by molar-refractivity contribution is -0.132. The molecule has 7 heteroatoms. The van der Waals surface area contributed by atoms with E-state index < -0.39 is 17.7 Å². The van der Waals surface area contributed by atoms with Gasteiger partial charge in [-0.2, -0.15) is 0 Å². The Balaban J connectivity index is 1.91. The highest BCUT2D eigenvalue weighted by Crippen LogP contribution is 2.44. The average molecular weight is 496 g/mol. The Morgan fingerprint density at radius 2 is 1.82 bits per heavy atom. The van der Waals surface area contributed by atoms with Gasteiger partial charge in [0.05, 0.1) is 12.2 Å². The molecule has 1 aromatic heterocycles. The lowest BCUT2D eigenvalue weighted by Gasteiger charge is -2.25. The molecular formula is C27H26ClNO4S. The third-order valence-electron chi connectivity index (χ3n) is 5.72. The lowest BCUT2D eigenvalue weighted by Crippen LogP contribution is -2.29. The zero-order valence-corrected chi connectivity index (χ0v) is 21.0. The molecule has 3 aromatic rings. The Morgan fingerprint density at radius 3 is 2.41 bits per heavy atom. The first-order valence-electron chi connectivity index (χ1n) is 11.0. The first-order chi connectivity index (χ1) is 16.1. The monoisotopic (exact) mass is 495 g/mol. The summed E-state index contributed by atoms with van der Waals surface area (Å²) in [5.41, 5.74) is 1.70. The van der Waals surface area contributed by atoms with Crippen LogP contribution >= 0.6 is 22.9 Å². The fraction of sp³-hybridized carbons (Fsp3) is 0.259. The Morgan fingerprint density at radius 1 is 1.12 bits per heavy atom. The van der Waals surface area contributed by atoms with Crippen LogP contribution < -0.4 is 9.64 Å². The smallest absolute Gasteiger partial charge is 0.300 e. The average Bonchev–Trinajstić information content (AvgIpc) is 3.41. The molecule has 0 aliphatic carbocycles. The number of amides is 1. The summed E-state index contributed by atoms with van der Waals surface area (Å²) in [4.78, 5) is 28.7. The largest absolute Gasteiger partial charge is 0.507 e. The van der Waals surface area contributed by atoms with Crippen molar-refractivity contribution in [2.45, 2.75) is 39.2 Å². The van der Waals surface area contributed by atoms with Crippen molar-refractivity contribution in [2.75, 3.05) is 11.5 Å². The van der Waals surface area contributed by atoms with E-state index in [0.29, 0.717) is 22.9 Å². The van der Waals surface area contributed by atoms with E-state index in [4.69, 9.17) is 16.3 Å². The van der Waals surface area contributed by atoms with Gasteiger partial charge in [-0.25, -0.2) is 0 Å². The number of ether oxygens (including phenoxy) is 1. The predicted molar refractivity (Wildman–Crippen MR) is 137 cm³/mol. The summed E-state index contributed by atoms with van der Waals surface area (Å²) in [6, 6.07) is 15.1. The fourth-order valence-corrected chi connectivity index (χ4v) is 5.07. The van der Waals surface area contributed by atoms with Crippen molar-refractivity contribution in [1.82, 2.24) is 0 Å². The molecular weight excluding hydrogens is 470 g/mol. The zero-order valence-electron chi connectivity index (χ0n) is 19.5. The van der Waals surface area contributed by atoms with Gasteiger partial charge >= 0.3 is 0 Å². The number of carbonyl (C=O) groups is 2. The number of carbonyl (C=O) groups excluding carboxylic acids is 2. The number of hydrogen-bond acceptors (Lipinski definition) is 5. The molecule has 0 bridgehead atoms. The Hall–Kier alpha value is -3.09. The van der Waals surface area contributed by atoms with Gasteiger partial charge in [0.1, 0.15) is 17.6 Å². The van der Waals surface area contributed by atoms with E-state index >= 15 is 0 Å². The van der Waals surface area contributed by atoms with Gasteiger partial charge in [-0.05, 0) is 66.2 Å². The summed E-state index contributed by atoms with van der Waals surface area (Å²) in [6.07, 6.45) is 0. The minimum absolute atomic E-state index is 0.0615. The highest BCUT2D eigenvalue weighted by atomic mass is 35.5. The third kappa shape index (κ3) is 4.36. The van der Waals surface area contributed by atoms with Crippen molar-refractivity contribution in [3.05, 3.63) is 86.6 Å². The molecule has 0 saturated carbocycles. The van der Waals surface area contributed by atoms with Crippen molar-refractivity contribution in [3.63, 3.8) is 0 Å². The normalized spacial score (nSPS) is 17.9. The van der Waals surface area contributed by atoms with Gasteiger partial charge < -0.3 is 9.84 Å². The summed E-state index contributed by atoms with van der Waals surface area (Å²) in [7, 11) is 0. The maximum atomic E-state index is 13.3.